The van der Waals surface area contributed by atoms with Crippen LogP contribution in [-0.4, -0.2) is 35.7 Å². The van der Waals surface area contributed by atoms with E-state index in [-0.39, 0.29) is 0 Å². The van der Waals surface area contributed by atoms with Gasteiger partial charge in [0, 0.05) is 19.6 Å². The predicted molar refractivity (Wildman–Crippen MR) is 95.3 cm³/mol. The molecule has 0 amide bonds. The van der Waals surface area contributed by atoms with Gasteiger partial charge in [0.1, 0.15) is 11.3 Å². The number of ether oxygens (including phenoxy) is 1. The summed E-state index contributed by atoms with van der Waals surface area (Å²) in [5, 5.41) is 0. The highest BCUT2D eigenvalue weighted by atomic mass is 16.5. The lowest BCUT2D eigenvalue weighted by atomic mass is 10.2. The third-order valence-electron chi connectivity index (χ3n) is 4.65. The Balaban J connectivity index is 1.34. The molecule has 0 saturated carbocycles. The number of rotatable bonds is 8. The average Bonchev–Trinajstić information content (AvgIpc) is 3.36. The van der Waals surface area contributed by atoms with Gasteiger partial charge >= 0.3 is 0 Å². The Morgan fingerprint density at radius 1 is 1.16 bits per heavy atom. The minimum atomic E-state index is 0.347. The third kappa shape index (κ3) is 4.30. The molecule has 1 fully saturated rings. The predicted octanol–water partition coefficient (Wildman–Crippen LogP) is 4.03. The number of para-hydroxylation sites is 2. The zero-order chi connectivity index (χ0) is 16.9. The third-order valence-corrected chi connectivity index (χ3v) is 4.65. The number of benzene rings is 1. The summed E-state index contributed by atoms with van der Waals surface area (Å²) in [6.07, 6.45) is 6.24. The van der Waals surface area contributed by atoms with Gasteiger partial charge in [-0.15, -0.1) is 0 Å². The number of aromatic nitrogens is 1. The number of aryl methyl sites for hydroxylation is 1. The van der Waals surface area contributed by atoms with Crippen molar-refractivity contribution in [3.05, 3.63) is 54.3 Å². The Morgan fingerprint density at radius 3 is 2.92 bits per heavy atom. The van der Waals surface area contributed by atoms with Crippen LogP contribution in [0.4, 0.5) is 0 Å². The quantitative estimate of drug-likeness (QED) is 0.619. The Hall–Kier alpha value is -2.11. The van der Waals surface area contributed by atoms with Gasteiger partial charge in [-0.25, -0.2) is 4.98 Å². The highest BCUT2D eigenvalue weighted by Gasteiger charge is 2.20. The summed E-state index contributed by atoms with van der Waals surface area (Å²) in [7, 11) is 0. The van der Waals surface area contributed by atoms with E-state index in [1.807, 2.05) is 36.4 Å². The largest absolute Gasteiger partial charge is 0.468 e. The van der Waals surface area contributed by atoms with Gasteiger partial charge in [0.25, 0.3) is 0 Å². The highest BCUT2D eigenvalue weighted by Crippen LogP contribution is 2.18. The molecular weight excluding hydrogens is 316 g/mol. The van der Waals surface area contributed by atoms with Gasteiger partial charge in [-0.2, -0.15) is 0 Å². The van der Waals surface area contributed by atoms with E-state index in [1.165, 1.54) is 6.42 Å². The number of nitrogens with zero attached hydrogens (tertiary/aromatic N) is 2. The summed E-state index contributed by atoms with van der Waals surface area (Å²) in [6.45, 7) is 3.64. The Labute approximate surface area is 147 Å². The number of hydrogen-bond acceptors (Lipinski definition) is 5. The molecule has 1 aromatic carbocycles. The highest BCUT2D eigenvalue weighted by molar-refractivity contribution is 5.72. The van der Waals surface area contributed by atoms with Crippen LogP contribution in [0.3, 0.4) is 0 Å². The summed E-state index contributed by atoms with van der Waals surface area (Å²) in [6, 6.07) is 11.9. The van der Waals surface area contributed by atoms with E-state index in [2.05, 4.69) is 9.88 Å². The molecule has 0 spiro atoms. The van der Waals surface area contributed by atoms with E-state index in [0.29, 0.717) is 6.10 Å². The van der Waals surface area contributed by atoms with Gasteiger partial charge in [-0.1, -0.05) is 12.1 Å². The molecule has 3 aromatic rings. The van der Waals surface area contributed by atoms with Crippen molar-refractivity contribution in [2.24, 2.45) is 0 Å². The van der Waals surface area contributed by atoms with Gasteiger partial charge in [-0.3, -0.25) is 4.90 Å². The fourth-order valence-electron chi connectivity index (χ4n) is 3.41. The Morgan fingerprint density at radius 2 is 2.12 bits per heavy atom. The van der Waals surface area contributed by atoms with Crippen LogP contribution in [-0.2, 0) is 17.7 Å². The van der Waals surface area contributed by atoms with E-state index in [4.69, 9.17) is 13.6 Å². The van der Waals surface area contributed by atoms with Gasteiger partial charge in [0.15, 0.2) is 11.5 Å². The van der Waals surface area contributed by atoms with E-state index in [9.17, 15) is 0 Å². The molecule has 132 valence electrons. The fraction of sp³-hybridized carbons (Fsp3) is 0.450. The van der Waals surface area contributed by atoms with Gasteiger partial charge < -0.3 is 13.6 Å². The van der Waals surface area contributed by atoms with Crippen LogP contribution < -0.4 is 0 Å². The lowest BCUT2D eigenvalue weighted by molar-refractivity contribution is 0.0677. The summed E-state index contributed by atoms with van der Waals surface area (Å²) < 4.78 is 17.1. The molecule has 25 heavy (non-hydrogen) atoms. The molecule has 1 atom stereocenters. The first kappa shape index (κ1) is 16.4. The normalized spacial score (nSPS) is 17.7. The second kappa shape index (κ2) is 7.85. The minimum absolute atomic E-state index is 0.347. The molecule has 0 N–H and O–H groups in total. The van der Waals surface area contributed by atoms with Crippen molar-refractivity contribution in [2.45, 2.75) is 38.3 Å². The van der Waals surface area contributed by atoms with Crippen molar-refractivity contribution in [3.8, 4) is 0 Å². The molecule has 2 aromatic heterocycles. The smallest absolute Gasteiger partial charge is 0.195 e. The summed E-state index contributed by atoms with van der Waals surface area (Å²) in [5.41, 5.74) is 1.80. The molecule has 1 saturated heterocycles. The molecule has 0 bridgehead atoms. The van der Waals surface area contributed by atoms with Gasteiger partial charge in [-0.05, 0) is 50.1 Å². The monoisotopic (exact) mass is 340 g/mol. The molecule has 5 nitrogen and oxygen atoms in total. The van der Waals surface area contributed by atoms with Gasteiger partial charge in [0.05, 0.1) is 18.9 Å². The first-order valence-corrected chi connectivity index (χ1v) is 9.07. The Bertz CT molecular complexity index is 742. The van der Waals surface area contributed by atoms with Crippen LogP contribution in [0.15, 0.2) is 51.5 Å². The van der Waals surface area contributed by atoms with Crippen LogP contribution in [0, 0.1) is 0 Å². The molecule has 0 radical (unpaired) electrons. The van der Waals surface area contributed by atoms with E-state index in [1.54, 1.807) is 6.26 Å². The van der Waals surface area contributed by atoms with Crippen molar-refractivity contribution in [2.75, 3.05) is 19.7 Å². The molecule has 1 aliphatic rings. The van der Waals surface area contributed by atoms with E-state index in [0.717, 1.165) is 68.3 Å². The zero-order valence-electron chi connectivity index (χ0n) is 14.4. The maximum atomic E-state index is 5.82. The van der Waals surface area contributed by atoms with E-state index < -0.39 is 0 Å². The molecule has 4 rings (SSSR count). The van der Waals surface area contributed by atoms with Crippen molar-refractivity contribution >= 4 is 11.1 Å². The topological polar surface area (TPSA) is 51.6 Å². The van der Waals surface area contributed by atoms with Crippen molar-refractivity contribution in [1.29, 1.82) is 0 Å². The van der Waals surface area contributed by atoms with Crippen LogP contribution in [0.2, 0.25) is 0 Å². The lowest BCUT2D eigenvalue weighted by Gasteiger charge is -2.24. The number of fused-ring (bicyclic) bond motifs is 1. The SMILES string of the molecule is c1coc(CN(CCCc2nc3ccccc3o2)CC2CCCO2)c1. The lowest BCUT2D eigenvalue weighted by Crippen LogP contribution is -2.32. The van der Waals surface area contributed by atoms with Gasteiger partial charge in [0.2, 0.25) is 0 Å². The minimum Gasteiger partial charge on any atom is -0.468 e. The zero-order valence-corrected chi connectivity index (χ0v) is 14.4. The summed E-state index contributed by atoms with van der Waals surface area (Å²) in [5.74, 6) is 1.82. The van der Waals surface area contributed by atoms with E-state index >= 15 is 0 Å². The number of hydrogen-bond donors (Lipinski definition) is 0. The average molecular weight is 340 g/mol. The first-order valence-electron chi connectivity index (χ1n) is 9.07. The molecule has 0 aliphatic carbocycles. The molecular formula is C20H24N2O3. The summed E-state index contributed by atoms with van der Waals surface area (Å²) >= 11 is 0. The first-order chi connectivity index (χ1) is 12.4. The second-order valence-electron chi connectivity index (χ2n) is 6.63. The van der Waals surface area contributed by atoms with Crippen molar-refractivity contribution < 1.29 is 13.6 Å². The molecule has 5 heteroatoms. The number of furan rings is 1. The molecule has 3 heterocycles. The fourth-order valence-corrected chi connectivity index (χ4v) is 3.41. The maximum Gasteiger partial charge on any atom is 0.195 e. The van der Waals surface area contributed by atoms with Crippen LogP contribution in [0.1, 0.15) is 30.9 Å². The Kier molecular flexibility index (Phi) is 5.14. The van der Waals surface area contributed by atoms with Crippen LogP contribution in [0.25, 0.3) is 11.1 Å². The second-order valence-corrected chi connectivity index (χ2v) is 6.63. The molecule has 1 unspecified atom stereocenters. The van der Waals surface area contributed by atoms with Crippen molar-refractivity contribution in [1.82, 2.24) is 9.88 Å². The standard InChI is InChI=1S/C20H24N2O3/c1-2-9-19-18(8-1)21-20(25-19)10-3-11-22(14-16-6-4-12-23-16)15-17-7-5-13-24-17/h1-2,4,6,8-9,12,17H,3,5,7,10-11,13-15H2. The van der Waals surface area contributed by atoms with Crippen molar-refractivity contribution in [3.63, 3.8) is 0 Å². The number of oxazole rings is 1. The summed E-state index contributed by atoms with van der Waals surface area (Å²) in [4.78, 5) is 6.97. The van der Waals surface area contributed by atoms with Crippen LogP contribution >= 0.6 is 0 Å². The van der Waals surface area contributed by atoms with Crippen LogP contribution in [0.5, 0.6) is 0 Å². The molecule has 1 aliphatic heterocycles. The maximum absolute atomic E-state index is 5.82.